The van der Waals surface area contributed by atoms with E-state index < -0.39 is 0 Å². The predicted molar refractivity (Wildman–Crippen MR) is 111 cm³/mol. The Hall–Kier alpha value is -1.80. The fourth-order valence-electron chi connectivity index (χ4n) is 4.44. The van der Waals surface area contributed by atoms with Crippen LogP contribution >= 0.6 is 0 Å². The molecule has 0 amide bonds. The molecule has 0 radical (unpaired) electrons. The fourth-order valence-corrected chi connectivity index (χ4v) is 4.44. The van der Waals surface area contributed by atoms with Crippen molar-refractivity contribution in [3.8, 4) is 0 Å². The van der Waals surface area contributed by atoms with Crippen molar-refractivity contribution in [3.63, 3.8) is 0 Å². The zero-order valence-electron chi connectivity index (χ0n) is 16.5. The number of aryl methyl sites for hydroxylation is 1. The zero-order valence-corrected chi connectivity index (χ0v) is 16.5. The molecule has 0 bridgehead atoms. The van der Waals surface area contributed by atoms with Crippen LogP contribution in [0.2, 0.25) is 0 Å². The maximum Gasteiger partial charge on any atom is 0.0372 e. The van der Waals surface area contributed by atoms with Crippen molar-refractivity contribution in [3.05, 3.63) is 64.2 Å². The summed E-state index contributed by atoms with van der Waals surface area (Å²) < 4.78 is 0. The van der Waals surface area contributed by atoms with Crippen molar-refractivity contribution >= 4 is 5.69 Å². The van der Waals surface area contributed by atoms with Crippen molar-refractivity contribution in [1.29, 1.82) is 0 Å². The van der Waals surface area contributed by atoms with Crippen LogP contribution in [0, 0.1) is 0 Å². The van der Waals surface area contributed by atoms with Crippen LogP contribution in [0.25, 0.3) is 0 Å². The van der Waals surface area contributed by atoms with Crippen molar-refractivity contribution in [2.75, 3.05) is 25.0 Å². The second-order valence-corrected chi connectivity index (χ2v) is 8.52. The molecule has 0 fully saturated rings. The van der Waals surface area contributed by atoms with Gasteiger partial charge < -0.3 is 5.32 Å². The van der Waals surface area contributed by atoms with Gasteiger partial charge in [0.1, 0.15) is 0 Å². The van der Waals surface area contributed by atoms with Gasteiger partial charge in [0.05, 0.1) is 0 Å². The van der Waals surface area contributed by atoms with Gasteiger partial charge in [-0.3, -0.25) is 4.90 Å². The standard InChI is InChI=1S/C24H32N2/c1-17(2)19-6-7-23-16-26(12-10-21(23)13-19)15-18(3)20-8-9-24-22(14-20)5-4-11-25-24/h6-9,13-14,17-18,25H,4-5,10-12,15-16H2,1-3H3. The number of hydrogen-bond donors (Lipinski definition) is 1. The molecule has 1 unspecified atom stereocenters. The Labute approximate surface area is 158 Å². The molecule has 0 saturated carbocycles. The minimum atomic E-state index is 0.582. The number of nitrogens with zero attached hydrogens (tertiary/aromatic N) is 1. The summed E-state index contributed by atoms with van der Waals surface area (Å²) in [5.74, 6) is 1.20. The molecule has 0 spiro atoms. The number of benzene rings is 2. The van der Waals surface area contributed by atoms with Gasteiger partial charge in [-0.05, 0) is 65.0 Å². The Morgan fingerprint density at radius 1 is 0.923 bits per heavy atom. The summed E-state index contributed by atoms with van der Waals surface area (Å²) in [7, 11) is 0. The molecule has 2 heterocycles. The average Bonchev–Trinajstić information content (AvgIpc) is 2.67. The van der Waals surface area contributed by atoms with Gasteiger partial charge in [-0.1, -0.05) is 51.1 Å². The van der Waals surface area contributed by atoms with E-state index in [1.165, 1.54) is 53.7 Å². The summed E-state index contributed by atoms with van der Waals surface area (Å²) in [6.07, 6.45) is 3.67. The van der Waals surface area contributed by atoms with Gasteiger partial charge in [0, 0.05) is 31.9 Å². The van der Waals surface area contributed by atoms with Crippen LogP contribution in [0.4, 0.5) is 5.69 Å². The number of fused-ring (bicyclic) bond motifs is 2. The van der Waals surface area contributed by atoms with Crippen molar-refractivity contribution < 1.29 is 0 Å². The molecule has 2 aromatic carbocycles. The molecule has 1 N–H and O–H groups in total. The average molecular weight is 349 g/mol. The SMILES string of the molecule is CC(C)c1ccc2c(c1)CCN(CC(C)c1ccc3c(c1)CCCN3)C2. The third kappa shape index (κ3) is 3.66. The van der Waals surface area contributed by atoms with Crippen LogP contribution in [-0.2, 0) is 19.4 Å². The Kier molecular flexibility index (Phi) is 5.04. The largest absolute Gasteiger partial charge is 0.385 e. The molecular weight excluding hydrogens is 316 g/mol. The molecule has 2 heteroatoms. The number of nitrogens with one attached hydrogen (secondary N) is 1. The van der Waals surface area contributed by atoms with Crippen molar-refractivity contribution in [2.24, 2.45) is 0 Å². The lowest BCUT2D eigenvalue weighted by Crippen LogP contribution is -2.33. The monoisotopic (exact) mass is 348 g/mol. The van der Waals surface area contributed by atoms with Gasteiger partial charge in [0.2, 0.25) is 0 Å². The molecule has 2 aliphatic rings. The first-order valence-electron chi connectivity index (χ1n) is 10.3. The van der Waals surface area contributed by atoms with E-state index in [2.05, 4.69) is 67.4 Å². The lowest BCUT2D eigenvalue weighted by molar-refractivity contribution is 0.242. The maximum absolute atomic E-state index is 3.52. The molecule has 26 heavy (non-hydrogen) atoms. The molecule has 4 rings (SSSR count). The van der Waals surface area contributed by atoms with Crippen molar-refractivity contribution in [2.45, 2.75) is 58.4 Å². The highest BCUT2D eigenvalue weighted by Gasteiger charge is 2.20. The highest BCUT2D eigenvalue weighted by molar-refractivity contribution is 5.54. The highest BCUT2D eigenvalue weighted by atomic mass is 15.1. The topological polar surface area (TPSA) is 15.3 Å². The number of rotatable bonds is 4. The predicted octanol–water partition coefficient (Wildman–Crippen LogP) is 5.33. The van der Waals surface area contributed by atoms with E-state index in [4.69, 9.17) is 0 Å². The van der Waals surface area contributed by atoms with Crippen LogP contribution in [-0.4, -0.2) is 24.5 Å². The molecule has 2 aliphatic heterocycles. The molecule has 138 valence electrons. The quantitative estimate of drug-likeness (QED) is 0.803. The smallest absolute Gasteiger partial charge is 0.0372 e. The van der Waals surface area contributed by atoms with Crippen LogP contribution in [0.1, 0.15) is 66.8 Å². The van der Waals surface area contributed by atoms with Gasteiger partial charge in [-0.15, -0.1) is 0 Å². The van der Waals surface area contributed by atoms with Gasteiger partial charge in [0.15, 0.2) is 0 Å². The minimum absolute atomic E-state index is 0.582. The first-order valence-corrected chi connectivity index (χ1v) is 10.3. The maximum atomic E-state index is 3.52. The third-order valence-electron chi connectivity index (χ3n) is 6.16. The van der Waals surface area contributed by atoms with Gasteiger partial charge >= 0.3 is 0 Å². The fraction of sp³-hybridized carbons (Fsp3) is 0.500. The lowest BCUT2D eigenvalue weighted by Gasteiger charge is -2.32. The normalized spacial score (nSPS) is 18.2. The van der Waals surface area contributed by atoms with E-state index in [-0.39, 0.29) is 0 Å². The van der Waals surface area contributed by atoms with Crippen LogP contribution < -0.4 is 5.32 Å². The Morgan fingerprint density at radius 2 is 1.73 bits per heavy atom. The summed E-state index contributed by atoms with van der Waals surface area (Å²) in [6.45, 7) is 11.5. The first-order chi connectivity index (χ1) is 12.6. The van der Waals surface area contributed by atoms with Gasteiger partial charge in [-0.25, -0.2) is 0 Å². The van der Waals surface area contributed by atoms with E-state index in [0.717, 1.165) is 19.6 Å². The van der Waals surface area contributed by atoms with E-state index in [0.29, 0.717) is 11.8 Å². The van der Waals surface area contributed by atoms with Gasteiger partial charge in [-0.2, -0.15) is 0 Å². The van der Waals surface area contributed by atoms with Crippen LogP contribution in [0.5, 0.6) is 0 Å². The third-order valence-corrected chi connectivity index (χ3v) is 6.16. The second-order valence-electron chi connectivity index (χ2n) is 8.52. The lowest BCUT2D eigenvalue weighted by atomic mass is 9.91. The molecule has 1 atom stereocenters. The Balaban J connectivity index is 1.43. The molecular formula is C24H32N2. The van der Waals surface area contributed by atoms with Gasteiger partial charge in [0.25, 0.3) is 0 Å². The van der Waals surface area contributed by atoms with Crippen molar-refractivity contribution in [1.82, 2.24) is 4.90 Å². The van der Waals surface area contributed by atoms with Crippen LogP contribution in [0.3, 0.4) is 0 Å². The summed E-state index contributed by atoms with van der Waals surface area (Å²) in [5.41, 5.74) is 8.93. The number of anilines is 1. The summed E-state index contributed by atoms with van der Waals surface area (Å²) in [5, 5.41) is 3.52. The molecule has 0 aliphatic carbocycles. The van der Waals surface area contributed by atoms with Crippen LogP contribution in [0.15, 0.2) is 36.4 Å². The minimum Gasteiger partial charge on any atom is -0.385 e. The van der Waals surface area contributed by atoms with E-state index in [1.54, 1.807) is 5.56 Å². The molecule has 2 aromatic rings. The summed E-state index contributed by atoms with van der Waals surface area (Å²) in [6, 6.07) is 14.2. The highest BCUT2D eigenvalue weighted by Crippen LogP contribution is 2.29. The molecule has 0 aromatic heterocycles. The molecule has 0 saturated heterocycles. The number of hydrogen-bond acceptors (Lipinski definition) is 2. The first kappa shape index (κ1) is 17.6. The Bertz CT molecular complexity index is 778. The second kappa shape index (κ2) is 7.44. The zero-order chi connectivity index (χ0) is 18.1. The summed E-state index contributed by atoms with van der Waals surface area (Å²) in [4.78, 5) is 2.64. The summed E-state index contributed by atoms with van der Waals surface area (Å²) >= 11 is 0. The Morgan fingerprint density at radius 3 is 2.58 bits per heavy atom. The van der Waals surface area contributed by atoms with E-state index in [9.17, 15) is 0 Å². The molecule has 2 nitrogen and oxygen atoms in total. The van der Waals surface area contributed by atoms with E-state index in [1.807, 2.05) is 0 Å². The van der Waals surface area contributed by atoms with E-state index >= 15 is 0 Å².